The van der Waals surface area contributed by atoms with Crippen LogP contribution in [-0.2, 0) is 4.79 Å². The first kappa shape index (κ1) is 15.1. The number of carbonyl (C=O) groups is 2. The molecule has 0 unspecified atom stereocenters. The third kappa shape index (κ3) is 2.65. The molecule has 1 aliphatic carbocycles. The molecule has 1 amide bonds. The summed E-state index contributed by atoms with van der Waals surface area (Å²) in [6.07, 6.45) is 3.23. The minimum absolute atomic E-state index is 0.0730. The van der Waals surface area contributed by atoms with Crippen molar-refractivity contribution in [3.63, 3.8) is 0 Å². The molecule has 0 saturated heterocycles. The normalized spacial score (nSPS) is 15.5. The van der Waals surface area contributed by atoms with Gasteiger partial charge in [0.05, 0.1) is 19.0 Å². The number of carboxylic acid groups (broad SMARTS) is 1. The number of aliphatic carboxylic acids is 1. The Hall–Kier alpha value is -2.83. The van der Waals surface area contributed by atoms with Crippen molar-refractivity contribution >= 4 is 11.9 Å². The minimum atomic E-state index is -1.18. The SMILES string of the molecule is COc1cn(-c2ccccc2)nc1C(=O)NC1(C(=O)O)CCC1. The van der Waals surface area contributed by atoms with Crippen molar-refractivity contribution in [3.05, 3.63) is 42.2 Å². The van der Waals surface area contributed by atoms with Gasteiger partial charge in [-0.05, 0) is 31.4 Å². The van der Waals surface area contributed by atoms with E-state index < -0.39 is 17.4 Å². The monoisotopic (exact) mass is 315 g/mol. The van der Waals surface area contributed by atoms with E-state index in [1.807, 2.05) is 30.3 Å². The molecule has 1 aromatic heterocycles. The van der Waals surface area contributed by atoms with Gasteiger partial charge in [0.15, 0.2) is 11.4 Å². The van der Waals surface area contributed by atoms with Crippen LogP contribution in [0.1, 0.15) is 29.8 Å². The molecule has 0 radical (unpaired) electrons. The number of hydrogen-bond donors (Lipinski definition) is 2. The Morgan fingerprint density at radius 3 is 2.52 bits per heavy atom. The van der Waals surface area contributed by atoms with Crippen LogP contribution in [0, 0.1) is 0 Å². The zero-order valence-corrected chi connectivity index (χ0v) is 12.7. The van der Waals surface area contributed by atoms with Crippen LogP contribution >= 0.6 is 0 Å². The number of methoxy groups -OCH3 is 1. The molecule has 0 bridgehead atoms. The Bertz CT molecular complexity index is 735. The van der Waals surface area contributed by atoms with Gasteiger partial charge >= 0.3 is 5.97 Å². The van der Waals surface area contributed by atoms with Gasteiger partial charge < -0.3 is 15.2 Å². The summed E-state index contributed by atoms with van der Waals surface area (Å²) in [5.41, 5.74) is -0.330. The molecule has 7 heteroatoms. The lowest BCUT2D eigenvalue weighted by atomic mass is 9.76. The molecule has 1 aromatic carbocycles. The number of nitrogens with one attached hydrogen (secondary N) is 1. The fraction of sp³-hybridized carbons (Fsp3) is 0.312. The highest BCUT2D eigenvalue weighted by Gasteiger charge is 2.46. The summed E-state index contributed by atoms with van der Waals surface area (Å²) in [5.74, 6) is -1.26. The largest absolute Gasteiger partial charge is 0.493 e. The first-order valence-electron chi connectivity index (χ1n) is 7.31. The number of nitrogens with zero attached hydrogens (tertiary/aromatic N) is 2. The number of rotatable bonds is 5. The van der Waals surface area contributed by atoms with Crippen molar-refractivity contribution < 1.29 is 19.4 Å². The van der Waals surface area contributed by atoms with Crippen molar-refractivity contribution in [2.45, 2.75) is 24.8 Å². The summed E-state index contributed by atoms with van der Waals surface area (Å²) in [6.45, 7) is 0. The molecular weight excluding hydrogens is 298 g/mol. The van der Waals surface area contributed by atoms with Crippen LogP contribution in [0.3, 0.4) is 0 Å². The van der Waals surface area contributed by atoms with Gasteiger partial charge in [0, 0.05) is 0 Å². The molecule has 0 atom stereocenters. The van der Waals surface area contributed by atoms with E-state index in [9.17, 15) is 14.7 Å². The highest BCUT2D eigenvalue weighted by atomic mass is 16.5. The summed E-state index contributed by atoms with van der Waals surface area (Å²) in [5, 5.41) is 16.1. The molecule has 3 rings (SSSR count). The minimum Gasteiger partial charge on any atom is -0.493 e. The summed E-state index contributed by atoms with van der Waals surface area (Å²) < 4.78 is 6.73. The van der Waals surface area contributed by atoms with E-state index >= 15 is 0 Å². The second-order valence-corrected chi connectivity index (χ2v) is 5.52. The molecule has 0 aliphatic heterocycles. The van der Waals surface area contributed by atoms with Gasteiger partial charge in [-0.15, -0.1) is 0 Å². The number of aromatic nitrogens is 2. The summed E-state index contributed by atoms with van der Waals surface area (Å²) >= 11 is 0. The van der Waals surface area contributed by atoms with Gasteiger partial charge in [-0.3, -0.25) is 4.79 Å². The molecule has 1 aliphatic rings. The molecule has 1 saturated carbocycles. The van der Waals surface area contributed by atoms with E-state index in [4.69, 9.17) is 4.74 Å². The van der Waals surface area contributed by atoms with E-state index in [2.05, 4.69) is 10.4 Å². The van der Waals surface area contributed by atoms with Crippen molar-refractivity contribution in [1.29, 1.82) is 0 Å². The smallest absolute Gasteiger partial charge is 0.329 e. The van der Waals surface area contributed by atoms with E-state index in [1.165, 1.54) is 11.8 Å². The molecular formula is C16H17N3O4. The number of para-hydroxylation sites is 1. The fourth-order valence-electron chi connectivity index (χ4n) is 2.58. The highest BCUT2D eigenvalue weighted by molar-refractivity contribution is 5.98. The standard InChI is InChI=1S/C16H17N3O4/c1-23-12-10-19(11-6-3-2-4-7-11)18-13(12)14(20)17-16(15(21)22)8-5-9-16/h2-4,6-7,10H,5,8-9H2,1H3,(H,17,20)(H,21,22). The molecule has 0 spiro atoms. The van der Waals surface area contributed by atoms with E-state index in [0.717, 1.165) is 12.1 Å². The van der Waals surface area contributed by atoms with Crippen molar-refractivity contribution in [3.8, 4) is 11.4 Å². The van der Waals surface area contributed by atoms with E-state index in [0.29, 0.717) is 18.6 Å². The van der Waals surface area contributed by atoms with Crippen LogP contribution in [-0.4, -0.2) is 39.4 Å². The number of carbonyl (C=O) groups excluding carboxylic acids is 1. The van der Waals surface area contributed by atoms with Gasteiger partial charge in [-0.1, -0.05) is 18.2 Å². The van der Waals surface area contributed by atoms with Crippen LogP contribution in [0.2, 0.25) is 0 Å². The van der Waals surface area contributed by atoms with Crippen LogP contribution in [0.4, 0.5) is 0 Å². The molecule has 120 valence electrons. The number of amides is 1. The lowest BCUT2D eigenvalue weighted by Crippen LogP contribution is -2.59. The number of hydrogen-bond acceptors (Lipinski definition) is 4. The molecule has 2 N–H and O–H groups in total. The second kappa shape index (κ2) is 5.75. The van der Waals surface area contributed by atoms with Gasteiger partial charge in [-0.25, -0.2) is 9.48 Å². The molecule has 1 heterocycles. The van der Waals surface area contributed by atoms with Gasteiger partial charge in [0.2, 0.25) is 0 Å². The van der Waals surface area contributed by atoms with Crippen molar-refractivity contribution in [2.75, 3.05) is 7.11 Å². The number of benzene rings is 1. The third-order valence-corrected chi connectivity index (χ3v) is 4.11. The maximum Gasteiger partial charge on any atom is 0.329 e. The van der Waals surface area contributed by atoms with Crippen LogP contribution in [0.25, 0.3) is 5.69 Å². The first-order chi connectivity index (χ1) is 11.1. The predicted molar refractivity (Wildman–Crippen MR) is 81.8 cm³/mol. The zero-order chi connectivity index (χ0) is 16.4. The van der Waals surface area contributed by atoms with Crippen molar-refractivity contribution in [1.82, 2.24) is 15.1 Å². The number of ether oxygens (including phenoxy) is 1. The Labute approximate surface area is 132 Å². The molecule has 7 nitrogen and oxygen atoms in total. The van der Waals surface area contributed by atoms with Crippen LogP contribution < -0.4 is 10.1 Å². The second-order valence-electron chi connectivity index (χ2n) is 5.52. The lowest BCUT2D eigenvalue weighted by Gasteiger charge is -2.37. The average molecular weight is 315 g/mol. The van der Waals surface area contributed by atoms with Gasteiger partial charge in [-0.2, -0.15) is 5.10 Å². The molecule has 1 fully saturated rings. The summed E-state index contributed by atoms with van der Waals surface area (Å²) in [6, 6.07) is 9.29. The molecule has 23 heavy (non-hydrogen) atoms. The van der Waals surface area contributed by atoms with Gasteiger partial charge in [0.25, 0.3) is 5.91 Å². The maximum atomic E-state index is 12.5. The maximum absolute atomic E-state index is 12.5. The van der Waals surface area contributed by atoms with Crippen molar-refractivity contribution in [2.24, 2.45) is 0 Å². The van der Waals surface area contributed by atoms with Crippen LogP contribution in [0.5, 0.6) is 5.75 Å². The Kier molecular flexibility index (Phi) is 3.77. The predicted octanol–water partition coefficient (Wildman–Crippen LogP) is 1.62. The zero-order valence-electron chi connectivity index (χ0n) is 12.7. The van der Waals surface area contributed by atoms with Gasteiger partial charge in [0.1, 0.15) is 5.54 Å². The first-order valence-corrected chi connectivity index (χ1v) is 7.31. The summed E-state index contributed by atoms with van der Waals surface area (Å²) in [4.78, 5) is 23.8. The van der Waals surface area contributed by atoms with E-state index in [-0.39, 0.29) is 5.69 Å². The fourth-order valence-corrected chi connectivity index (χ4v) is 2.58. The van der Waals surface area contributed by atoms with Crippen LogP contribution in [0.15, 0.2) is 36.5 Å². The quantitative estimate of drug-likeness (QED) is 0.874. The Balaban J connectivity index is 1.89. The lowest BCUT2D eigenvalue weighted by molar-refractivity contribution is -0.148. The average Bonchev–Trinajstić information content (AvgIpc) is 2.95. The topological polar surface area (TPSA) is 93.5 Å². The van der Waals surface area contributed by atoms with E-state index in [1.54, 1.807) is 6.20 Å². The summed E-state index contributed by atoms with van der Waals surface area (Å²) in [7, 11) is 1.44. The third-order valence-electron chi connectivity index (χ3n) is 4.11. The highest BCUT2D eigenvalue weighted by Crippen LogP contribution is 2.33. The Morgan fingerprint density at radius 1 is 1.30 bits per heavy atom. The number of carboxylic acids is 1. The Morgan fingerprint density at radius 2 is 2.00 bits per heavy atom. The molecule has 2 aromatic rings.